The molecule has 17 nitrogen and oxygen atoms in total. The van der Waals surface area contributed by atoms with Gasteiger partial charge in [-0.25, -0.2) is 0 Å². The molecular formula is C43H58N10O7. The molecule has 3 aromatic rings. The fourth-order valence-corrected chi connectivity index (χ4v) is 6.32. The highest BCUT2D eigenvalue weighted by atomic mass is 16.7. The van der Waals surface area contributed by atoms with Crippen LogP contribution in [-0.2, 0) is 28.8 Å². The number of nitrogens with two attached hydrogens (primary N) is 2. The second kappa shape index (κ2) is 24.4. The smallest absolute Gasteiger partial charge is 0.325 e. The Morgan fingerprint density at radius 2 is 1.35 bits per heavy atom. The molecule has 0 radical (unpaired) electrons. The fraction of sp³-hybridized carbons (Fsp3) is 0.419. The Kier molecular flexibility index (Phi) is 18.8. The zero-order valence-corrected chi connectivity index (χ0v) is 34.3. The molecule has 0 aromatic heterocycles. The maximum Gasteiger partial charge on any atom is 0.325 e. The van der Waals surface area contributed by atoms with Gasteiger partial charge in [-0.1, -0.05) is 63.1 Å². The Morgan fingerprint density at radius 1 is 0.733 bits per heavy atom. The summed E-state index contributed by atoms with van der Waals surface area (Å²) in [5.74, 6) is -4.05. The first-order chi connectivity index (χ1) is 28.9. The summed E-state index contributed by atoms with van der Waals surface area (Å²) in [6, 6.07) is 21.7. The molecule has 1 fully saturated rings. The Labute approximate surface area is 350 Å². The van der Waals surface area contributed by atoms with Gasteiger partial charge < -0.3 is 48.2 Å². The van der Waals surface area contributed by atoms with E-state index in [1.807, 2.05) is 37.3 Å². The van der Waals surface area contributed by atoms with Crippen LogP contribution >= 0.6 is 0 Å². The molecule has 0 saturated carbocycles. The molecule has 1 aliphatic heterocycles. The number of rotatable bonds is 22. The van der Waals surface area contributed by atoms with Crippen molar-refractivity contribution in [1.29, 1.82) is 0 Å². The van der Waals surface area contributed by atoms with E-state index in [1.54, 1.807) is 66.6 Å². The van der Waals surface area contributed by atoms with Crippen molar-refractivity contribution in [2.75, 3.05) is 36.8 Å². The molecule has 0 unspecified atom stereocenters. The van der Waals surface area contributed by atoms with Crippen LogP contribution < -0.4 is 43.4 Å². The lowest BCUT2D eigenvalue weighted by Gasteiger charge is -2.27. The van der Waals surface area contributed by atoms with Crippen molar-refractivity contribution in [1.82, 2.24) is 26.3 Å². The van der Waals surface area contributed by atoms with Gasteiger partial charge in [-0.05, 0) is 86.6 Å². The van der Waals surface area contributed by atoms with Gasteiger partial charge >= 0.3 is 5.97 Å². The van der Waals surface area contributed by atoms with Crippen LogP contribution in [0.5, 0.6) is 0 Å². The quantitative estimate of drug-likeness (QED) is 0.0415. The van der Waals surface area contributed by atoms with Crippen LogP contribution in [0, 0.1) is 5.92 Å². The third-order valence-corrected chi connectivity index (χ3v) is 9.87. The van der Waals surface area contributed by atoms with Crippen molar-refractivity contribution in [2.24, 2.45) is 22.4 Å². The lowest BCUT2D eigenvalue weighted by atomic mass is 9.97. The van der Waals surface area contributed by atoms with E-state index in [-0.39, 0.29) is 37.7 Å². The highest BCUT2D eigenvalue weighted by molar-refractivity contribution is 6.00. The molecule has 4 rings (SSSR count). The van der Waals surface area contributed by atoms with Crippen LogP contribution in [0.2, 0.25) is 0 Å². The van der Waals surface area contributed by atoms with Gasteiger partial charge in [0.05, 0.1) is 6.54 Å². The highest BCUT2D eigenvalue weighted by Gasteiger charge is 2.31. The average Bonchev–Trinajstić information content (AvgIpc) is 3.25. The van der Waals surface area contributed by atoms with E-state index in [2.05, 4.69) is 36.9 Å². The first kappa shape index (κ1) is 46.2. The predicted octanol–water partition coefficient (Wildman–Crippen LogP) is 3.08. The molecular weight excluding hydrogens is 769 g/mol. The van der Waals surface area contributed by atoms with Crippen molar-refractivity contribution in [2.45, 2.75) is 83.3 Å². The molecule has 0 aliphatic carbocycles. The number of nitrogens with zero attached hydrogens (tertiary/aromatic N) is 2. The number of amides is 5. The summed E-state index contributed by atoms with van der Waals surface area (Å²) in [5.41, 5.74) is 13.5. The van der Waals surface area contributed by atoms with E-state index in [0.29, 0.717) is 37.2 Å². The van der Waals surface area contributed by atoms with Crippen LogP contribution in [-0.4, -0.2) is 90.8 Å². The molecule has 1 saturated heterocycles. The van der Waals surface area contributed by atoms with E-state index >= 15 is 0 Å². The standard InChI is InChI=1S/C43H58N10O7/c1-3-29(2)38(52-39(56)30-14-7-4-8-15-30)42(59)51-35(23-24-37(55)60-53-26-11-6-12-27-53)40(57)47-28-36(54)50-34(18-13-25-46-43(44)45)41(58)49-33-21-19-32(20-22-33)48-31-16-9-5-10-17-31/h4-5,7-10,14-17,19-22,29,34-35,38,48H,3,6,11-13,18,23-28H2,1-2H3,(H,47,57)(H,49,58)(H,50,54)(H,51,59)(H,52,56)(H4,44,45,46)/t29-,34-,35-,38-/m0/s1. The minimum absolute atomic E-state index is 0.109. The lowest BCUT2D eigenvalue weighted by Crippen LogP contribution is -2.56. The third-order valence-electron chi connectivity index (χ3n) is 9.87. The van der Waals surface area contributed by atoms with Crippen molar-refractivity contribution < 1.29 is 33.6 Å². The molecule has 1 heterocycles. The number of piperidine rings is 1. The maximum atomic E-state index is 13.8. The van der Waals surface area contributed by atoms with E-state index < -0.39 is 60.2 Å². The number of hydrogen-bond donors (Lipinski definition) is 8. The van der Waals surface area contributed by atoms with E-state index in [0.717, 1.165) is 30.6 Å². The van der Waals surface area contributed by atoms with Gasteiger partial charge in [0.2, 0.25) is 23.6 Å². The summed E-state index contributed by atoms with van der Waals surface area (Å²) < 4.78 is 0. The molecule has 322 valence electrons. The Bertz CT molecular complexity index is 1890. The minimum atomic E-state index is -1.28. The Morgan fingerprint density at radius 3 is 2.00 bits per heavy atom. The van der Waals surface area contributed by atoms with Crippen molar-refractivity contribution in [3.63, 3.8) is 0 Å². The number of para-hydroxylation sites is 1. The van der Waals surface area contributed by atoms with Gasteiger partial charge in [-0.3, -0.25) is 33.8 Å². The molecule has 0 bridgehead atoms. The predicted molar refractivity (Wildman–Crippen MR) is 229 cm³/mol. The van der Waals surface area contributed by atoms with Gasteiger partial charge in [0.25, 0.3) is 5.91 Å². The van der Waals surface area contributed by atoms with Gasteiger partial charge in [-0.15, -0.1) is 5.06 Å². The average molecular weight is 827 g/mol. The first-order valence-corrected chi connectivity index (χ1v) is 20.4. The molecule has 3 aromatic carbocycles. The van der Waals surface area contributed by atoms with E-state index in [4.69, 9.17) is 16.3 Å². The second-order valence-corrected chi connectivity index (χ2v) is 14.6. The van der Waals surface area contributed by atoms with Gasteiger partial charge in [0.1, 0.15) is 18.1 Å². The van der Waals surface area contributed by atoms with Crippen LogP contribution in [0.15, 0.2) is 89.9 Å². The number of carbonyl (C=O) groups is 6. The molecule has 1 aliphatic rings. The SMILES string of the molecule is CC[C@H](C)[C@H](NC(=O)c1ccccc1)C(=O)N[C@@H](CCC(=O)ON1CCCCC1)C(=O)NCC(=O)N[C@@H](CCCN=C(N)N)C(=O)Nc1ccc(Nc2ccccc2)cc1. The third kappa shape index (κ3) is 16.0. The number of anilines is 3. The maximum absolute atomic E-state index is 13.8. The summed E-state index contributed by atoms with van der Waals surface area (Å²) in [7, 11) is 0. The Hall–Kier alpha value is -6.49. The molecule has 5 amide bonds. The van der Waals surface area contributed by atoms with Crippen LogP contribution in [0.1, 0.15) is 75.6 Å². The van der Waals surface area contributed by atoms with Crippen molar-refractivity contribution in [3.05, 3.63) is 90.5 Å². The summed E-state index contributed by atoms with van der Waals surface area (Å²) >= 11 is 0. The van der Waals surface area contributed by atoms with Crippen LogP contribution in [0.25, 0.3) is 0 Å². The monoisotopic (exact) mass is 826 g/mol. The molecule has 0 spiro atoms. The zero-order valence-electron chi connectivity index (χ0n) is 34.3. The van der Waals surface area contributed by atoms with Crippen LogP contribution in [0.4, 0.5) is 17.1 Å². The first-order valence-electron chi connectivity index (χ1n) is 20.4. The number of nitrogens with one attached hydrogen (secondary N) is 6. The number of hydrogen-bond acceptors (Lipinski definition) is 10. The largest absolute Gasteiger partial charge is 0.370 e. The summed E-state index contributed by atoms with van der Waals surface area (Å²) in [5, 5.41) is 18.4. The minimum Gasteiger partial charge on any atom is -0.370 e. The zero-order chi connectivity index (χ0) is 43.3. The molecule has 10 N–H and O–H groups in total. The molecule has 4 atom stereocenters. The van der Waals surface area contributed by atoms with Gasteiger partial charge in [0.15, 0.2) is 5.96 Å². The normalized spacial score (nSPS) is 14.5. The summed E-state index contributed by atoms with van der Waals surface area (Å²) in [4.78, 5) is 89.6. The van der Waals surface area contributed by atoms with Crippen molar-refractivity contribution in [3.8, 4) is 0 Å². The number of benzene rings is 3. The number of carbonyl (C=O) groups excluding carboxylic acids is 6. The topological polar surface area (TPSA) is 251 Å². The summed E-state index contributed by atoms with van der Waals surface area (Å²) in [6.07, 6.45) is 3.50. The highest BCUT2D eigenvalue weighted by Crippen LogP contribution is 2.19. The number of aliphatic imine (C=N–C) groups is 1. The molecule has 17 heteroatoms. The van der Waals surface area contributed by atoms with Crippen molar-refractivity contribution >= 4 is 58.5 Å². The van der Waals surface area contributed by atoms with E-state index in [1.165, 1.54) is 0 Å². The van der Waals surface area contributed by atoms with Gasteiger partial charge in [0, 0.05) is 48.7 Å². The van der Waals surface area contributed by atoms with Gasteiger partial charge in [-0.2, -0.15) is 0 Å². The lowest BCUT2D eigenvalue weighted by molar-refractivity contribution is -0.194. The summed E-state index contributed by atoms with van der Waals surface area (Å²) in [6.45, 7) is 4.53. The number of hydroxylamine groups is 2. The second-order valence-electron chi connectivity index (χ2n) is 14.6. The fourth-order valence-electron chi connectivity index (χ4n) is 6.32. The van der Waals surface area contributed by atoms with Crippen LogP contribution in [0.3, 0.4) is 0 Å². The van der Waals surface area contributed by atoms with E-state index in [9.17, 15) is 28.8 Å². The Balaban J connectivity index is 1.42. The number of guanidine groups is 1. The molecule has 60 heavy (non-hydrogen) atoms.